The van der Waals surface area contributed by atoms with Gasteiger partial charge in [-0.3, -0.25) is 9.59 Å². The summed E-state index contributed by atoms with van der Waals surface area (Å²) in [6.07, 6.45) is 1.80. The second-order valence-corrected chi connectivity index (χ2v) is 6.32. The highest BCUT2D eigenvalue weighted by molar-refractivity contribution is 6.30. The van der Waals surface area contributed by atoms with E-state index >= 15 is 0 Å². The predicted octanol–water partition coefficient (Wildman–Crippen LogP) is 3.05. The van der Waals surface area contributed by atoms with Crippen LogP contribution in [-0.4, -0.2) is 30.8 Å². The summed E-state index contributed by atoms with van der Waals surface area (Å²) in [7, 11) is 0. The highest BCUT2D eigenvalue weighted by atomic mass is 35.5. The number of halogens is 1. The van der Waals surface area contributed by atoms with Crippen LogP contribution < -0.4 is 10.6 Å². The molecule has 1 aliphatic rings. The van der Waals surface area contributed by atoms with Crippen molar-refractivity contribution >= 4 is 23.3 Å². The van der Waals surface area contributed by atoms with E-state index in [9.17, 15) is 9.59 Å². The van der Waals surface area contributed by atoms with E-state index in [4.69, 9.17) is 11.6 Å². The van der Waals surface area contributed by atoms with Gasteiger partial charge in [-0.1, -0.05) is 29.8 Å². The Hall–Kier alpha value is -2.17. The standard InChI is InChI=1S/C19H19ClN2O2/c20-14-7-5-13(6-8-14)18(23)16-3-1-2-4-17(16)19(24)22-15-9-11-21-12-10-15/h1-8,15,21H,9-12H2,(H,22,24). The first kappa shape index (κ1) is 16.7. The Balaban J connectivity index is 1.83. The fraction of sp³-hybridized carbons (Fsp3) is 0.263. The maximum Gasteiger partial charge on any atom is 0.252 e. The minimum Gasteiger partial charge on any atom is -0.349 e. The number of ketones is 1. The van der Waals surface area contributed by atoms with Gasteiger partial charge in [0.15, 0.2) is 5.78 Å². The molecule has 24 heavy (non-hydrogen) atoms. The quantitative estimate of drug-likeness (QED) is 0.840. The van der Waals surface area contributed by atoms with E-state index < -0.39 is 0 Å². The first-order valence-corrected chi connectivity index (χ1v) is 8.44. The number of hydrogen-bond donors (Lipinski definition) is 2. The molecule has 0 saturated carbocycles. The molecule has 4 nitrogen and oxygen atoms in total. The topological polar surface area (TPSA) is 58.2 Å². The van der Waals surface area contributed by atoms with E-state index in [0.717, 1.165) is 25.9 Å². The summed E-state index contributed by atoms with van der Waals surface area (Å²) in [6, 6.07) is 13.8. The summed E-state index contributed by atoms with van der Waals surface area (Å²) >= 11 is 5.87. The van der Waals surface area contributed by atoms with Crippen molar-refractivity contribution < 1.29 is 9.59 Å². The van der Waals surface area contributed by atoms with Gasteiger partial charge in [-0.15, -0.1) is 0 Å². The van der Waals surface area contributed by atoms with E-state index in [1.165, 1.54) is 0 Å². The summed E-state index contributed by atoms with van der Waals surface area (Å²) in [5.41, 5.74) is 1.34. The van der Waals surface area contributed by atoms with Gasteiger partial charge < -0.3 is 10.6 Å². The summed E-state index contributed by atoms with van der Waals surface area (Å²) < 4.78 is 0. The number of hydrogen-bond acceptors (Lipinski definition) is 3. The first-order chi connectivity index (χ1) is 11.6. The lowest BCUT2D eigenvalue weighted by molar-refractivity contribution is 0.0920. The molecule has 1 amide bonds. The molecule has 2 aromatic rings. The molecule has 0 radical (unpaired) electrons. The van der Waals surface area contributed by atoms with Gasteiger partial charge in [0.05, 0.1) is 5.56 Å². The van der Waals surface area contributed by atoms with Crippen LogP contribution in [0, 0.1) is 0 Å². The monoisotopic (exact) mass is 342 g/mol. The normalized spacial score (nSPS) is 15.0. The van der Waals surface area contributed by atoms with E-state index in [0.29, 0.717) is 21.7 Å². The first-order valence-electron chi connectivity index (χ1n) is 8.06. The molecule has 2 aromatic carbocycles. The second kappa shape index (κ2) is 7.60. The minimum atomic E-state index is -0.195. The third-order valence-electron chi connectivity index (χ3n) is 4.20. The number of amides is 1. The molecule has 0 unspecified atom stereocenters. The molecule has 5 heteroatoms. The molecule has 1 aliphatic heterocycles. The van der Waals surface area contributed by atoms with Crippen LogP contribution in [0.15, 0.2) is 48.5 Å². The van der Waals surface area contributed by atoms with Gasteiger partial charge >= 0.3 is 0 Å². The van der Waals surface area contributed by atoms with Crippen molar-refractivity contribution in [3.8, 4) is 0 Å². The molecule has 3 rings (SSSR count). The Morgan fingerprint density at radius 2 is 1.58 bits per heavy atom. The lowest BCUT2D eigenvalue weighted by Gasteiger charge is -2.24. The molecule has 124 valence electrons. The lowest BCUT2D eigenvalue weighted by Crippen LogP contribution is -2.43. The fourth-order valence-corrected chi connectivity index (χ4v) is 2.99. The molecule has 1 heterocycles. The van der Waals surface area contributed by atoms with Crippen LogP contribution in [0.5, 0.6) is 0 Å². The Morgan fingerprint density at radius 1 is 0.958 bits per heavy atom. The molecule has 0 spiro atoms. The average molecular weight is 343 g/mol. The number of piperidine rings is 1. The second-order valence-electron chi connectivity index (χ2n) is 5.88. The van der Waals surface area contributed by atoms with Crippen LogP contribution in [0.1, 0.15) is 39.1 Å². The Bertz CT molecular complexity index is 737. The SMILES string of the molecule is O=C(NC1CCNCC1)c1ccccc1C(=O)c1ccc(Cl)cc1. The molecule has 1 fully saturated rings. The van der Waals surface area contributed by atoms with Crippen molar-refractivity contribution in [1.29, 1.82) is 0 Å². The zero-order valence-electron chi connectivity index (χ0n) is 13.2. The van der Waals surface area contributed by atoms with Gasteiger partial charge in [-0.25, -0.2) is 0 Å². The smallest absolute Gasteiger partial charge is 0.252 e. The van der Waals surface area contributed by atoms with E-state index in [-0.39, 0.29) is 17.7 Å². The zero-order valence-corrected chi connectivity index (χ0v) is 14.0. The van der Waals surface area contributed by atoms with Gasteiger partial charge in [0.25, 0.3) is 5.91 Å². The third kappa shape index (κ3) is 3.83. The summed E-state index contributed by atoms with van der Waals surface area (Å²) in [5, 5.41) is 6.88. The Labute approximate surface area is 146 Å². The van der Waals surface area contributed by atoms with Crippen molar-refractivity contribution in [1.82, 2.24) is 10.6 Å². The van der Waals surface area contributed by atoms with Crippen LogP contribution in [-0.2, 0) is 0 Å². The number of carbonyl (C=O) groups excluding carboxylic acids is 2. The number of carbonyl (C=O) groups is 2. The van der Waals surface area contributed by atoms with Crippen LogP contribution in [0.4, 0.5) is 0 Å². The molecule has 0 atom stereocenters. The van der Waals surface area contributed by atoms with Gasteiger partial charge in [-0.05, 0) is 56.3 Å². The van der Waals surface area contributed by atoms with Gasteiger partial charge in [0.1, 0.15) is 0 Å². The van der Waals surface area contributed by atoms with E-state index in [1.807, 2.05) is 0 Å². The van der Waals surface area contributed by atoms with Gasteiger partial charge in [-0.2, -0.15) is 0 Å². The van der Waals surface area contributed by atoms with E-state index in [2.05, 4.69) is 10.6 Å². The zero-order chi connectivity index (χ0) is 16.9. The highest BCUT2D eigenvalue weighted by Crippen LogP contribution is 2.17. The molecular formula is C19H19ClN2O2. The summed E-state index contributed by atoms with van der Waals surface area (Å²) in [6.45, 7) is 1.80. The molecule has 2 N–H and O–H groups in total. The molecular weight excluding hydrogens is 324 g/mol. The number of nitrogens with one attached hydrogen (secondary N) is 2. The van der Waals surface area contributed by atoms with E-state index in [1.54, 1.807) is 48.5 Å². The van der Waals surface area contributed by atoms with Gasteiger partial charge in [0, 0.05) is 22.2 Å². The van der Waals surface area contributed by atoms with Crippen LogP contribution in [0.25, 0.3) is 0 Å². The molecule has 1 saturated heterocycles. The Kier molecular flexibility index (Phi) is 5.28. The van der Waals surface area contributed by atoms with Crippen molar-refractivity contribution in [3.63, 3.8) is 0 Å². The maximum atomic E-state index is 12.7. The third-order valence-corrected chi connectivity index (χ3v) is 4.45. The van der Waals surface area contributed by atoms with Crippen molar-refractivity contribution in [2.45, 2.75) is 18.9 Å². The van der Waals surface area contributed by atoms with Crippen LogP contribution in [0.2, 0.25) is 5.02 Å². The average Bonchev–Trinajstić information content (AvgIpc) is 2.62. The minimum absolute atomic E-state index is 0.150. The largest absolute Gasteiger partial charge is 0.349 e. The fourth-order valence-electron chi connectivity index (χ4n) is 2.87. The number of benzene rings is 2. The molecule has 0 aromatic heterocycles. The van der Waals surface area contributed by atoms with Gasteiger partial charge in [0.2, 0.25) is 0 Å². The molecule has 0 aliphatic carbocycles. The van der Waals surface area contributed by atoms with Crippen molar-refractivity contribution in [3.05, 3.63) is 70.2 Å². The van der Waals surface area contributed by atoms with Crippen LogP contribution in [0.3, 0.4) is 0 Å². The predicted molar refractivity (Wildman–Crippen MR) is 94.7 cm³/mol. The van der Waals surface area contributed by atoms with Crippen LogP contribution >= 0.6 is 11.6 Å². The lowest BCUT2D eigenvalue weighted by atomic mass is 9.97. The Morgan fingerprint density at radius 3 is 2.25 bits per heavy atom. The number of rotatable bonds is 4. The van der Waals surface area contributed by atoms with Crippen molar-refractivity contribution in [2.75, 3.05) is 13.1 Å². The summed E-state index contributed by atoms with van der Waals surface area (Å²) in [4.78, 5) is 25.4. The molecule has 0 bridgehead atoms. The summed E-state index contributed by atoms with van der Waals surface area (Å²) in [5.74, 6) is -0.373. The van der Waals surface area contributed by atoms with Crippen molar-refractivity contribution in [2.24, 2.45) is 0 Å². The highest BCUT2D eigenvalue weighted by Gasteiger charge is 2.21. The maximum absolute atomic E-state index is 12.7.